The van der Waals surface area contributed by atoms with Crippen LogP contribution in [0.5, 0.6) is 0 Å². The molecule has 0 aromatic carbocycles. The minimum absolute atomic E-state index is 0.0315. The van der Waals surface area contributed by atoms with E-state index in [0.717, 1.165) is 23.7 Å². The molecule has 1 unspecified atom stereocenters. The number of carbonyl (C=O) groups excluding carboxylic acids is 3. The molecule has 1 aliphatic carbocycles. The van der Waals surface area contributed by atoms with Crippen molar-refractivity contribution in [2.45, 2.75) is 56.3 Å². The van der Waals surface area contributed by atoms with Gasteiger partial charge in [-0.2, -0.15) is 5.01 Å². The third kappa shape index (κ3) is 4.01. The second kappa shape index (κ2) is 7.79. The summed E-state index contributed by atoms with van der Waals surface area (Å²) in [4.78, 5) is 38.0. The maximum atomic E-state index is 12.4. The number of rotatable bonds is 8. The molecular weight excluding hydrogens is 412 g/mol. The van der Waals surface area contributed by atoms with E-state index >= 15 is 0 Å². The first kappa shape index (κ1) is 19.9. The first-order chi connectivity index (χ1) is 13.9. The highest BCUT2D eigenvalue weighted by molar-refractivity contribution is 7.99. The molecule has 0 radical (unpaired) electrons. The first-order valence-corrected chi connectivity index (χ1v) is 11.3. The standard InChI is InChI=1S/C18H22N6O3S2/c1-3-18(2)15(26)24(16(27)19-18)22-14(25)10-29-17-21-20-13(23(17)11-6-7-11)9-12-5-4-8-28-12/h4-5,8,11H,3,6-7,9-10H2,1-2H3,(H,19,27)(H,22,25). The average Bonchev–Trinajstić information content (AvgIpc) is 3.17. The van der Waals surface area contributed by atoms with Crippen LogP contribution in [0.4, 0.5) is 4.79 Å². The van der Waals surface area contributed by atoms with Crippen LogP contribution in [0.1, 0.15) is 49.9 Å². The molecule has 2 aromatic rings. The zero-order valence-corrected chi connectivity index (χ0v) is 17.8. The summed E-state index contributed by atoms with van der Waals surface area (Å²) in [5, 5.41) is 14.7. The van der Waals surface area contributed by atoms with Crippen LogP contribution in [-0.4, -0.2) is 48.9 Å². The summed E-state index contributed by atoms with van der Waals surface area (Å²) in [6.07, 6.45) is 3.31. The van der Waals surface area contributed by atoms with Crippen molar-refractivity contribution in [1.29, 1.82) is 0 Å². The first-order valence-electron chi connectivity index (χ1n) is 9.46. The summed E-state index contributed by atoms with van der Waals surface area (Å²) < 4.78 is 2.11. The van der Waals surface area contributed by atoms with Crippen molar-refractivity contribution in [2.24, 2.45) is 0 Å². The highest BCUT2D eigenvalue weighted by Gasteiger charge is 2.47. The van der Waals surface area contributed by atoms with Crippen LogP contribution < -0.4 is 10.7 Å². The molecule has 2 fully saturated rings. The van der Waals surface area contributed by atoms with E-state index in [-0.39, 0.29) is 5.75 Å². The molecule has 2 aromatic heterocycles. The zero-order valence-electron chi connectivity index (χ0n) is 16.2. The number of nitrogens with one attached hydrogen (secondary N) is 2. The molecule has 1 atom stereocenters. The molecule has 29 heavy (non-hydrogen) atoms. The molecule has 4 rings (SSSR count). The quantitative estimate of drug-likeness (QED) is 0.487. The third-order valence-electron chi connectivity index (χ3n) is 5.10. The number of carbonyl (C=O) groups is 3. The van der Waals surface area contributed by atoms with E-state index in [1.54, 1.807) is 25.2 Å². The molecule has 4 amide bonds. The van der Waals surface area contributed by atoms with Crippen molar-refractivity contribution < 1.29 is 14.4 Å². The van der Waals surface area contributed by atoms with Crippen LogP contribution in [0.15, 0.2) is 22.7 Å². The molecule has 11 heteroatoms. The highest BCUT2D eigenvalue weighted by Crippen LogP contribution is 2.39. The van der Waals surface area contributed by atoms with Gasteiger partial charge in [0.2, 0.25) is 5.91 Å². The third-order valence-corrected chi connectivity index (χ3v) is 6.92. The van der Waals surface area contributed by atoms with Crippen molar-refractivity contribution in [3.8, 4) is 0 Å². The topological polar surface area (TPSA) is 109 Å². The second-order valence-electron chi connectivity index (χ2n) is 7.34. The average molecular weight is 435 g/mol. The van der Waals surface area contributed by atoms with E-state index in [0.29, 0.717) is 24.0 Å². The number of nitrogens with zero attached hydrogens (tertiary/aromatic N) is 4. The van der Waals surface area contributed by atoms with Crippen LogP contribution in [-0.2, 0) is 16.0 Å². The van der Waals surface area contributed by atoms with Crippen LogP contribution in [0.25, 0.3) is 0 Å². The van der Waals surface area contributed by atoms with E-state index < -0.39 is 23.4 Å². The largest absolute Gasteiger partial charge is 0.344 e. The Balaban J connectivity index is 1.39. The van der Waals surface area contributed by atoms with Gasteiger partial charge >= 0.3 is 6.03 Å². The predicted octanol–water partition coefficient (Wildman–Crippen LogP) is 2.11. The number of imide groups is 1. The Labute approximate surface area is 176 Å². The van der Waals surface area contributed by atoms with Crippen molar-refractivity contribution in [1.82, 2.24) is 30.5 Å². The molecule has 1 saturated carbocycles. The summed E-state index contributed by atoms with van der Waals surface area (Å²) in [6.45, 7) is 3.44. The Bertz CT molecular complexity index is 940. The van der Waals surface area contributed by atoms with E-state index in [1.165, 1.54) is 16.6 Å². The van der Waals surface area contributed by atoms with Gasteiger partial charge in [0, 0.05) is 17.3 Å². The fraction of sp³-hybridized carbons (Fsp3) is 0.500. The number of urea groups is 1. The fourth-order valence-electron chi connectivity index (χ4n) is 3.11. The van der Waals surface area contributed by atoms with Gasteiger partial charge in [-0.25, -0.2) is 4.79 Å². The zero-order chi connectivity index (χ0) is 20.6. The lowest BCUT2D eigenvalue weighted by atomic mass is 10.00. The number of aromatic nitrogens is 3. The molecular formula is C18H22N6O3S2. The SMILES string of the molecule is CCC1(C)NC(=O)N(NC(=O)CSc2nnc(Cc3cccs3)n2C2CC2)C1=O. The van der Waals surface area contributed by atoms with Crippen LogP contribution >= 0.6 is 23.1 Å². The summed E-state index contributed by atoms with van der Waals surface area (Å²) >= 11 is 2.94. The van der Waals surface area contributed by atoms with Gasteiger partial charge in [-0.1, -0.05) is 24.8 Å². The molecule has 1 aliphatic heterocycles. The van der Waals surface area contributed by atoms with Crippen molar-refractivity contribution in [3.05, 3.63) is 28.2 Å². The fourth-order valence-corrected chi connectivity index (χ4v) is 4.63. The molecule has 0 bridgehead atoms. The van der Waals surface area contributed by atoms with E-state index in [1.807, 2.05) is 11.4 Å². The van der Waals surface area contributed by atoms with Gasteiger partial charge in [-0.3, -0.25) is 15.0 Å². The van der Waals surface area contributed by atoms with Gasteiger partial charge in [0.1, 0.15) is 11.4 Å². The summed E-state index contributed by atoms with van der Waals surface area (Å²) in [7, 11) is 0. The summed E-state index contributed by atoms with van der Waals surface area (Å²) in [5.41, 5.74) is 1.42. The number of hydrogen-bond donors (Lipinski definition) is 2. The number of thioether (sulfide) groups is 1. The van der Waals surface area contributed by atoms with Crippen molar-refractivity contribution in [3.63, 3.8) is 0 Å². The van der Waals surface area contributed by atoms with Crippen LogP contribution in [0.2, 0.25) is 0 Å². The molecule has 3 heterocycles. The lowest BCUT2D eigenvalue weighted by molar-refractivity contribution is -0.137. The van der Waals surface area contributed by atoms with Crippen molar-refractivity contribution in [2.75, 3.05) is 5.75 Å². The smallest absolute Gasteiger partial charge is 0.322 e. The number of amides is 4. The van der Waals surface area contributed by atoms with Gasteiger partial charge in [0.15, 0.2) is 5.16 Å². The number of thiophene rings is 1. The molecule has 0 spiro atoms. The maximum Gasteiger partial charge on any atom is 0.344 e. The second-order valence-corrected chi connectivity index (χ2v) is 9.31. The Morgan fingerprint density at radius 2 is 2.21 bits per heavy atom. The Morgan fingerprint density at radius 3 is 2.83 bits per heavy atom. The van der Waals surface area contributed by atoms with Crippen LogP contribution in [0, 0.1) is 0 Å². The number of hydrogen-bond acceptors (Lipinski definition) is 7. The molecule has 2 N–H and O–H groups in total. The lowest BCUT2D eigenvalue weighted by Crippen LogP contribution is -2.49. The lowest BCUT2D eigenvalue weighted by Gasteiger charge is -2.19. The van der Waals surface area contributed by atoms with Crippen LogP contribution in [0.3, 0.4) is 0 Å². The maximum absolute atomic E-state index is 12.4. The minimum Gasteiger partial charge on any atom is -0.322 e. The summed E-state index contributed by atoms with van der Waals surface area (Å²) in [6, 6.07) is 3.84. The van der Waals surface area contributed by atoms with Gasteiger partial charge in [0.05, 0.1) is 5.75 Å². The molecule has 2 aliphatic rings. The molecule has 9 nitrogen and oxygen atoms in total. The monoisotopic (exact) mass is 434 g/mol. The van der Waals surface area contributed by atoms with Gasteiger partial charge in [0.25, 0.3) is 5.91 Å². The minimum atomic E-state index is -0.986. The van der Waals surface area contributed by atoms with E-state index in [2.05, 4.69) is 31.6 Å². The van der Waals surface area contributed by atoms with Gasteiger partial charge in [-0.15, -0.1) is 21.5 Å². The molecule has 1 saturated heterocycles. The Morgan fingerprint density at radius 1 is 1.41 bits per heavy atom. The highest BCUT2D eigenvalue weighted by atomic mass is 32.2. The predicted molar refractivity (Wildman–Crippen MR) is 108 cm³/mol. The van der Waals surface area contributed by atoms with Gasteiger partial charge < -0.3 is 9.88 Å². The Hall–Kier alpha value is -2.40. The van der Waals surface area contributed by atoms with Crippen molar-refractivity contribution >= 4 is 40.9 Å². The summed E-state index contributed by atoms with van der Waals surface area (Å²) in [5.74, 6) is 0.0291. The molecule has 154 valence electrons. The Kier molecular flexibility index (Phi) is 5.34. The number of hydrazine groups is 1. The van der Waals surface area contributed by atoms with E-state index in [9.17, 15) is 14.4 Å². The van der Waals surface area contributed by atoms with Gasteiger partial charge in [-0.05, 0) is 37.6 Å². The van der Waals surface area contributed by atoms with E-state index in [4.69, 9.17) is 0 Å². The normalized spacial score (nSPS) is 21.5.